The summed E-state index contributed by atoms with van der Waals surface area (Å²) in [6.45, 7) is 1.83. The van der Waals surface area contributed by atoms with Crippen molar-refractivity contribution in [2.45, 2.75) is 62.1 Å². The van der Waals surface area contributed by atoms with Gasteiger partial charge in [0.25, 0.3) is 0 Å². The van der Waals surface area contributed by atoms with Crippen LogP contribution >= 0.6 is 11.3 Å². The standard InChI is InChI=1S/C30H28F7N7OS/c31-13-8-29(4-1-5-44(29)9-13)12-45-28-41-23-17(26(42-28)43-10-14-2-3-15(11-43)39-14)6-18(30(35,36)37)20(22(23)34)16-7-19(32)21(33)25-24(16)40-27(38)46-25/h6-7,13-15,39H,1-5,8-12H2,(H2,38,40)/t13-,14?,15?,29?/m1/s1. The van der Waals surface area contributed by atoms with Crippen LogP contribution in [0.5, 0.6) is 6.01 Å². The fraction of sp³-hybridized carbons (Fsp3) is 0.500. The number of hydrogen-bond acceptors (Lipinski definition) is 9. The van der Waals surface area contributed by atoms with Crippen molar-refractivity contribution in [2.24, 2.45) is 0 Å². The molecule has 46 heavy (non-hydrogen) atoms. The minimum absolute atomic E-state index is 0.0161. The lowest BCUT2D eigenvalue weighted by Gasteiger charge is -2.35. The van der Waals surface area contributed by atoms with Gasteiger partial charge in [-0.25, -0.2) is 22.5 Å². The van der Waals surface area contributed by atoms with Gasteiger partial charge in [0.2, 0.25) is 0 Å². The van der Waals surface area contributed by atoms with Crippen LogP contribution in [-0.2, 0) is 6.18 Å². The van der Waals surface area contributed by atoms with E-state index in [4.69, 9.17) is 10.5 Å². The number of halogens is 7. The van der Waals surface area contributed by atoms with Crippen molar-refractivity contribution in [3.8, 4) is 17.1 Å². The Morgan fingerprint density at radius 2 is 1.78 bits per heavy atom. The van der Waals surface area contributed by atoms with Crippen LogP contribution in [0.1, 0.15) is 37.7 Å². The van der Waals surface area contributed by atoms with Gasteiger partial charge in [-0.2, -0.15) is 23.1 Å². The van der Waals surface area contributed by atoms with Gasteiger partial charge in [0.05, 0.1) is 21.3 Å². The second-order valence-corrected chi connectivity index (χ2v) is 13.7. The number of nitrogen functional groups attached to an aromatic ring is 1. The highest BCUT2D eigenvalue weighted by Gasteiger charge is 2.49. The summed E-state index contributed by atoms with van der Waals surface area (Å²) in [6.07, 6.45) is -2.62. The molecule has 8 rings (SSSR count). The molecule has 3 unspecified atom stereocenters. The van der Waals surface area contributed by atoms with E-state index >= 15 is 4.39 Å². The van der Waals surface area contributed by atoms with Gasteiger partial charge in [-0.1, -0.05) is 11.3 Å². The summed E-state index contributed by atoms with van der Waals surface area (Å²) in [5, 5.41) is 3.02. The number of thiazole rings is 1. The number of nitrogens with two attached hydrogens (primary N) is 1. The molecule has 0 amide bonds. The predicted molar refractivity (Wildman–Crippen MR) is 158 cm³/mol. The topological polar surface area (TPSA) is 92.4 Å². The Hall–Kier alpha value is -3.50. The molecule has 2 aromatic carbocycles. The second kappa shape index (κ2) is 10.5. The fourth-order valence-corrected chi connectivity index (χ4v) is 8.61. The Bertz CT molecular complexity index is 1870. The molecular formula is C30H28F7N7OS. The van der Waals surface area contributed by atoms with Crippen LogP contribution in [0.3, 0.4) is 0 Å². The lowest BCUT2D eigenvalue weighted by atomic mass is 9.94. The van der Waals surface area contributed by atoms with Gasteiger partial charge in [-0.05, 0) is 44.4 Å². The molecule has 0 saturated carbocycles. The number of benzene rings is 2. The molecule has 16 heteroatoms. The predicted octanol–water partition coefficient (Wildman–Crippen LogP) is 5.82. The Morgan fingerprint density at radius 1 is 1.02 bits per heavy atom. The van der Waals surface area contributed by atoms with Gasteiger partial charge in [0.1, 0.15) is 24.1 Å². The molecule has 0 spiro atoms. The van der Waals surface area contributed by atoms with Crippen molar-refractivity contribution in [1.82, 2.24) is 25.2 Å². The lowest BCUT2D eigenvalue weighted by Crippen LogP contribution is -2.51. The van der Waals surface area contributed by atoms with Gasteiger partial charge < -0.3 is 20.7 Å². The average molecular weight is 668 g/mol. The average Bonchev–Trinajstić information content (AvgIpc) is 3.75. The van der Waals surface area contributed by atoms with Crippen molar-refractivity contribution in [3.63, 3.8) is 0 Å². The van der Waals surface area contributed by atoms with Crippen LogP contribution in [0.2, 0.25) is 0 Å². The molecule has 0 radical (unpaired) electrons. The summed E-state index contributed by atoms with van der Waals surface area (Å²) in [4.78, 5) is 16.6. The van der Waals surface area contributed by atoms with E-state index in [9.17, 15) is 26.3 Å². The van der Waals surface area contributed by atoms with E-state index in [1.54, 1.807) is 4.90 Å². The van der Waals surface area contributed by atoms with Crippen molar-refractivity contribution in [2.75, 3.05) is 43.4 Å². The van der Waals surface area contributed by atoms with Crippen LogP contribution in [0, 0.1) is 17.5 Å². The second-order valence-electron chi connectivity index (χ2n) is 12.7. The van der Waals surface area contributed by atoms with Crippen LogP contribution < -0.4 is 20.7 Å². The van der Waals surface area contributed by atoms with Gasteiger partial charge >= 0.3 is 12.2 Å². The minimum atomic E-state index is -5.12. The van der Waals surface area contributed by atoms with Gasteiger partial charge in [-0.15, -0.1) is 0 Å². The summed E-state index contributed by atoms with van der Waals surface area (Å²) < 4.78 is 111. The highest BCUT2D eigenvalue weighted by atomic mass is 32.1. The Balaban J connectivity index is 1.33. The molecule has 244 valence electrons. The Morgan fingerprint density at radius 3 is 2.52 bits per heavy atom. The van der Waals surface area contributed by atoms with E-state index in [1.165, 1.54) is 0 Å². The third-order valence-electron chi connectivity index (χ3n) is 9.79. The molecule has 4 fully saturated rings. The summed E-state index contributed by atoms with van der Waals surface area (Å²) in [7, 11) is 0. The number of alkyl halides is 4. The van der Waals surface area contributed by atoms with Crippen molar-refractivity contribution in [1.29, 1.82) is 0 Å². The van der Waals surface area contributed by atoms with E-state index in [0.717, 1.165) is 25.3 Å². The number of rotatable bonds is 5. The molecule has 2 aromatic heterocycles. The lowest BCUT2D eigenvalue weighted by molar-refractivity contribution is -0.137. The first kappa shape index (κ1) is 29.9. The molecule has 4 aliphatic rings. The molecule has 3 N–H and O–H groups in total. The minimum Gasteiger partial charge on any atom is -0.461 e. The molecule has 4 aliphatic heterocycles. The van der Waals surface area contributed by atoms with E-state index in [2.05, 4.69) is 20.3 Å². The number of ether oxygens (including phenoxy) is 1. The van der Waals surface area contributed by atoms with Crippen molar-refractivity contribution >= 4 is 43.4 Å². The SMILES string of the molecule is Nc1nc2c(-c3c(C(F)(F)F)cc4c(N5CC6CCC(C5)N6)nc(OCC56CCCN5C[C@H](F)C6)nc4c3F)cc(F)c(F)c2s1. The fourth-order valence-electron chi connectivity index (χ4n) is 7.83. The van der Waals surface area contributed by atoms with Gasteiger partial charge in [-0.3, -0.25) is 4.90 Å². The first-order valence-corrected chi connectivity index (χ1v) is 15.9. The van der Waals surface area contributed by atoms with Crippen LogP contribution in [0.4, 0.5) is 41.7 Å². The van der Waals surface area contributed by atoms with E-state index < -0.39 is 67.8 Å². The zero-order valence-electron chi connectivity index (χ0n) is 24.2. The zero-order valence-corrected chi connectivity index (χ0v) is 25.0. The van der Waals surface area contributed by atoms with Crippen LogP contribution in [0.15, 0.2) is 12.1 Å². The van der Waals surface area contributed by atoms with E-state index in [0.29, 0.717) is 43.5 Å². The quantitative estimate of drug-likeness (QED) is 0.258. The van der Waals surface area contributed by atoms with E-state index in [1.807, 2.05) is 4.90 Å². The Kier molecular flexibility index (Phi) is 6.82. The third-order valence-corrected chi connectivity index (χ3v) is 10.7. The maximum atomic E-state index is 16.8. The number of hydrogen-bond donors (Lipinski definition) is 2. The first-order chi connectivity index (χ1) is 21.9. The smallest absolute Gasteiger partial charge is 0.417 e. The van der Waals surface area contributed by atoms with Crippen LogP contribution in [0.25, 0.3) is 32.2 Å². The molecule has 0 aliphatic carbocycles. The zero-order chi connectivity index (χ0) is 32.1. The van der Waals surface area contributed by atoms with Crippen molar-refractivity contribution in [3.05, 3.63) is 35.1 Å². The van der Waals surface area contributed by atoms with Gasteiger partial charge in [0, 0.05) is 54.7 Å². The molecule has 6 heterocycles. The van der Waals surface area contributed by atoms with Crippen molar-refractivity contribution < 1.29 is 35.5 Å². The van der Waals surface area contributed by atoms with Gasteiger partial charge in [0.15, 0.2) is 22.6 Å². The monoisotopic (exact) mass is 667 g/mol. The number of anilines is 2. The maximum absolute atomic E-state index is 16.8. The maximum Gasteiger partial charge on any atom is 0.417 e. The van der Waals surface area contributed by atoms with E-state index in [-0.39, 0.29) is 54.0 Å². The highest BCUT2D eigenvalue weighted by Crippen LogP contribution is 2.47. The molecule has 2 bridgehead atoms. The first-order valence-electron chi connectivity index (χ1n) is 15.1. The number of aromatic nitrogens is 3. The van der Waals surface area contributed by atoms with Crippen LogP contribution in [-0.4, -0.2) is 76.4 Å². The normalized spacial score (nSPS) is 26.5. The Labute approximate surface area is 261 Å². The number of fused-ring (bicyclic) bond motifs is 5. The summed E-state index contributed by atoms with van der Waals surface area (Å²) in [5.74, 6) is -4.18. The number of piperazine rings is 1. The molecule has 4 saturated heterocycles. The number of nitrogens with one attached hydrogen (secondary N) is 1. The molecule has 4 atom stereocenters. The largest absolute Gasteiger partial charge is 0.461 e. The summed E-state index contributed by atoms with van der Waals surface area (Å²) in [5.41, 5.74) is 1.17. The third kappa shape index (κ3) is 4.74. The summed E-state index contributed by atoms with van der Waals surface area (Å²) >= 11 is 0.539. The number of nitrogens with zero attached hydrogens (tertiary/aromatic N) is 5. The molecule has 4 aromatic rings. The summed E-state index contributed by atoms with van der Waals surface area (Å²) in [6, 6.07) is 1.11. The molecular weight excluding hydrogens is 639 g/mol. The highest BCUT2D eigenvalue weighted by molar-refractivity contribution is 7.22. The molecule has 8 nitrogen and oxygen atoms in total.